The lowest BCUT2D eigenvalue weighted by molar-refractivity contribution is 0.345. The van der Waals surface area contributed by atoms with E-state index in [9.17, 15) is 0 Å². The average Bonchev–Trinajstić information content (AvgIpc) is 2.90. The molecule has 0 radical (unpaired) electrons. The SMILES string of the molecule is CCCNc1cc(NCC2CCN(CC)C2)nc(C)n1. The molecule has 0 saturated carbocycles. The zero-order valence-electron chi connectivity index (χ0n) is 12.9. The molecular weight excluding hydrogens is 250 g/mol. The number of nitrogens with one attached hydrogen (secondary N) is 2. The first-order chi connectivity index (χ1) is 9.71. The van der Waals surface area contributed by atoms with Crippen LogP contribution >= 0.6 is 0 Å². The van der Waals surface area contributed by atoms with Gasteiger partial charge in [-0.25, -0.2) is 9.97 Å². The predicted molar refractivity (Wildman–Crippen MR) is 84.3 cm³/mol. The monoisotopic (exact) mass is 277 g/mol. The molecule has 112 valence electrons. The third-order valence-electron chi connectivity index (χ3n) is 3.78. The van der Waals surface area contributed by atoms with E-state index in [-0.39, 0.29) is 0 Å². The molecule has 0 spiro atoms. The molecule has 1 aromatic rings. The van der Waals surface area contributed by atoms with Crippen LogP contribution in [0.3, 0.4) is 0 Å². The van der Waals surface area contributed by atoms with Crippen LogP contribution in [-0.4, -0.2) is 47.6 Å². The molecule has 0 amide bonds. The topological polar surface area (TPSA) is 53.1 Å². The molecule has 2 rings (SSSR count). The zero-order valence-corrected chi connectivity index (χ0v) is 12.9. The first kappa shape index (κ1) is 15.0. The molecule has 1 fully saturated rings. The molecule has 1 aromatic heterocycles. The van der Waals surface area contributed by atoms with E-state index < -0.39 is 0 Å². The highest BCUT2D eigenvalue weighted by Gasteiger charge is 2.20. The first-order valence-electron chi connectivity index (χ1n) is 7.77. The van der Waals surface area contributed by atoms with Gasteiger partial charge in [-0.15, -0.1) is 0 Å². The maximum absolute atomic E-state index is 4.47. The van der Waals surface area contributed by atoms with Crippen LogP contribution in [0.2, 0.25) is 0 Å². The van der Waals surface area contributed by atoms with Crippen molar-refractivity contribution >= 4 is 11.6 Å². The van der Waals surface area contributed by atoms with Gasteiger partial charge in [0.15, 0.2) is 0 Å². The molecule has 2 heterocycles. The van der Waals surface area contributed by atoms with Crippen molar-refractivity contribution in [2.24, 2.45) is 5.92 Å². The first-order valence-corrected chi connectivity index (χ1v) is 7.77. The van der Waals surface area contributed by atoms with E-state index in [0.29, 0.717) is 0 Å². The number of aryl methyl sites for hydroxylation is 1. The average molecular weight is 277 g/mol. The molecular formula is C15H27N5. The fourth-order valence-electron chi connectivity index (χ4n) is 2.62. The highest BCUT2D eigenvalue weighted by Crippen LogP contribution is 2.17. The molecule has 1 aliphatic heterocycles. The summed E-state index contributed by atoms with van der Waals surface area (Å²) in [6.45, 7) is 11.9. The van der Waals surface area contributed by atoms with Crippen LogP contribution in [0.15, 0.2) is 6.07 Å². The Labute approximate surface area is 122 Å². The van der Waals surface area contributed by atoms with Gasteiger partial charge in [-0.3, -0.25) is 0 Å². The van der Waals surface area contributed by atoms with Gasteiger partial charge in [0.05, 0.1) is 0 Å². The summed E-state index contributed by atoms with van der Waals surface area (Å²) in [6, 6.07) is 2.01. The zero-order chi connectivity index (χ0) is 14.4. The Hall–Kier alpha value is -1.36. The van der Waals surface area contributed by atoms with Crippen molar-refractivity contribution in [3.05, 3.63) is 11.9 Å². The molecule has 5 heteroatoms. The van der Waals surface area contributed by atoms with Crippen molar-refractivity contribution in [1.29, 1.82) is 0 Å². The molecule has 0 bridgehead atoms. The van der Waals surface area contributed by atoms with Gasteiger partial charge >= 0.3 is 0 Å². The summed E-state index contributed by atoms with van der Waals surface area (Å²) < 4.78 is 0. The fraction of sp³-hybridized carbons (Fsp3) is 0.733. The van der Waals surface area contributed by atoms with Crippen molar-refractivity contribution in [2.75, 3.05) is 43.4 Å². The van der Waals surface area contributed by atoms with Crippen molar-refractivity contribution in [1.82, 2.24) is 14.9 Å². The van der Waals surface area contributed by atoms with Crippen LogP contribution in [0.5, 0.6) is 0 Å². The maximum Gasteiger partial charge on any atom is 0.131 e. The van der Waals surface area contributed by atoms with E-state index in [1.54, 1.807) is 0 Å². The highest BCUT2D eigenvalue weighted by atomic mass is 15.1. The van der Waals surface area contributed by atoms with E-state index in [0.717, 1.165) is 49.4 Å². The molecule has 1 aliphatic rings. The summed E-state index contributed by atoms with van der Waals surface area (Å²) in [5, 5.41) is 6.79. The van der Waals surface area contributed by atoms with Crippen LogP contribution in [0.4, 0.5) is 11.6 Å². The molecule has 20 heavy (non-hydrogen) atoms. The lowest BCUT2D eigenvalue weighted by Crippen LogP contribution is -2.22. The van der Waals surface area contributed by atoms with Gasteiger partial charge in [-0.1, -0.05) is 13.8 Å². The van der Waals surface area contributed by atoms with Crippen molar-refractivity contribution in [2.45, 2.75) is 33.6 Å². The van der Waals surface area contributed by atoms with E-state index in [1.807, 2.05) is 13.0 Å². The third-order valence-corrected chi connectivity index (χ3v) is 3.78. The smallest absolute Gasteiger partial charge is 0.131 e. The number of aromatic nitrogens is 2. The van der Waals surface area contributed by atoms with Gasteiger partial charge in [0.1, 0.15) is 17.5 Å². The molecule has 0 aliphatic carbocycles. The van der Waals surface area contributed by atoms with E-state index >= 15 is 0 Å². The number of nitrogens with zero attached hydrogens (tertiary/aromatic N) is 3. The molecule has 1 saturated heterocycles. The van der Waals surface area contributed by atoms with Crippen LogP contribution < -0.4 is 10.6 Å². The summed E-state index contributed by atoms with van der Waals surface area (Å²) >= 11 is 0. The van der Waals surface area contributed by atoms with Gasteiger partial charge in [0.25, 0.3) is 0 Å². The fourth-order valence-corrected chi connectivity index (χ4v) is 2.62. The van der Waals surface area contributed by atoms with Crippen LogP contribution in [0.1, 0.15) is 32.5 Å². The third kappa shape index (κ3) is 4.34. The van der Waals surface area contributed by atoms with E-state index in [4.69, 9.17) is 0 Å². The normalized spacial score (nSPS) is 19.2. The van der Waals surface area contributed by atoms with E-state index in [2.05, 4.69) is 39.3 Å². The Balaban J connectivity index is 1.87. The summed E-state index contributed by atoms with van der Waals surface area (Å²) in [7, 11) is 0. The predicted octanol–water partition coefficient (Wildman–Crippen LogP) is 2.36. The van der Waals surface area contributed by atoms with Gasteiger partial charge in [-0.2, -0.15) is 0 Å². The number of anilines is 2. The second-order valence-corrected chi connectivity index (χ2v) is 5.54. The number of rotatable bonds is 7. The second-order valence-electron chi connectivity index (χ2n) is 5.54. The summed E-state index contributed by atoms with van der Waals surface area (Å²) in [4.78, 5) is 11.4. The summed E-state index contributed by atoms with van der Waals surface area (Å²) in [5.41, 5.74) is 0. The Morgan fingerprint density at radius 2 is 2.00 bits per heavy atom. The van der Waals surface area contributed by atoms with Crippen molar-refractivity contribution in [3.8, 4) is 0 Å². The lowest BCUT2D eigenvalue weighted by atomic mass is 10.1. The Kier molecular flexibility index (Phi) is 5.59. The second kappa shape index (κ2) is 7.43. The Morgan fingerprint density at radius 3 is 2.65 bits per heavy atom. The molecule has 1 unspecified atom stereocenters. The number of hydrogen-bond acceptors (Lipinski definition) is 5. The Bertz CT molecular complexity index is 421. The number of hydrogen-bond donors (Lipinski definition) is 2. The lowest BCUT2D eigenvalue weighted by Gasteiger charge is -2.14. The van der Waals surface area contributed by atoms with Gasteiger partial charge in [-0.05, 0) is 38.8 Å². The van der Waals surface area contributed by atoms with Gasteiger partial charge in [0.2, 0.25) is 0 Å². The molecule has 0 aromatic carbocycles. The molecule has 1 atom stereocenters. The molecule has 2 N–H and O–H groups in total. The maximum atomic E-state index is 4.47. The minimum atomic E-state index is 0.734. The van der Waals surface area contributed by atoms with Crippen LogP contribution in [0.25, 0.3) is 0 Å². The van der Waals surface area contributed by atoms with Gasteiger partial charge in [0, 0.05) is 25.7 Å². The van der Waals surface area contributed by atoms with Gasteiger partial charge < -0.3 is 15.5 Å². The number of likely N-dealkylation sites (tertiary alicyclic amines) is 1. The standard InChI is InChI=1S/C15H27N5/c1-4-7-16-14-9-15(19-12(3)18-14)17-10-13-6-8-20(5-2)11-13/h9,13H,4-8,10-11H2,1-3H3,(H2,16,17,18,19). The quantitative estimate of drug-likeness (QED) is 0.801. The van der Waals surface area contributed by atoms with Crippen molar-refractivity contribution in [3.63, 3.8) is 0 Å². The summed E-state index contributed by atoms with van der Waals surface area (Å²) in [5.74, 6) is 3.40. The molecule has 5 nitrogen and oxygen atoms in total. The van der Waals surface area contributed by atoms with E-state index in [1.165, 1.54) is 19.5 Å². The minimum absolute atomic E-state index is 0.734. The van der Waals surface area contributed by atoms with Crippen LogP contribution in [0, 0.1) is 12.8 Å². The summed E-state index contributed by atoms with van der Waals surface area (Å²) in [6.07, 6.45) is 2.38. The van der Waals surface area contributed by atoms with Crippen LogP contribution in [-0.2, 0) is 0 Å². The van der Waals surface area contributed by atoms with Crippen molar-refractivity contribution < 1.29 is 0 Å². The largest absolute Gasteiger partial charge is 0.370 e. The minimum Gasteiger partial charge on any atom is -0.370 e. The Morgan fingerprint density at radius 1 is 1.25 bits per heavy atom. The highest BCUT2D eigenvalue weighted by molar-refractivity contribution is 5.47.